The third kappa shape index (κ3) is 4.85. The average molecular weight is 457 g/mol. The number of hydrogen-bond donors (Lipinski definition) is 1. The fourth-order valence-electron chi connectivity index (χ4n) is 4.13. The number of hydrogen-bond acceptors (Lipinski definition) is 6. The van der Waals surface area contributed by atoms with Crippen LogP contribution in [0.2, 0.25) is 0 Å². The zero-order valence-electron chi connectivity index (χ0n) is 18.9. The standard InChI is InChI=1S/C24H28N2O5S/c1-14-6-8-19(9-7-14)32(28,29)31-20-12-18(13-21(25)26-30-5)24(27)23(20)22-16(3)10-15(2)11-17(22)4/h6-11,18H,12-13H2,1-5H3,(H2,25,26). The first kappa shape index (κ1) is 23.5. The van der Waals surface area contributed by atoms with Crippen LogP contribution in [-0.2, 0) is 23.9 Å². The summed E-state index contributed by atoms with van der Waals surface area (Å²) in [6.45, 7) is 7.64. The molecular formula is C24H28N2O5S. The zero-order chi connectivity index (χ0) is 23.6. The van der Waals surface area contributed by atoms with Crippen molar-refractivity contribution >= 4 is 27.3 Å². The van der Waals surface area contributed by atoms with Crippen molar-refractivity contribution in [1.82, 2.24) is 0 Å². The number of ketones is 1. The summed E-state index contributed by atoms with van der Waals surface area (Å²) in [5, 5.41) is 3.69. The first-order chi connectivity index (χ1) is 15.0. The van der Waals surface area contributed by atoms with Gasteiger partial charge in [-0.15, -0.1) is 0 Å². The van der Waals surface area contributed by atoms with Gasteiger partial charge >= 0.3 is 10.1 Å². The number of allylic oxidation sites excluding steroid dienone is 2. The lowest BCUT2D eigenvalue weighted by atomic mass is 9.90. The lowest BCUT2D eigenvalue weighted by Gasteiger charge is -2.15. The molecular weight excluding hydrogens is 428 g/mol. The van der Waals surface area contributed by atoms with Crippen LogP contribution in [0.25, 0.3) is 5.57 Å². The number of aryl methyl sites for hydroxylation is 4. The van der Waals surface area contributed by atoms with Crippen molar-refractivity contribution in [1.29, 1.82) is 0 Å². The first-order valence-electron chi connectivity index (χ1n) is 10.3. The fourth-order valence-corrected chi connectivity index (χ4v) is 5.11. The van der Waals surface area contributed by atoms with Crippen LogP contribution in [0, 0.1) is 33.6 Å². The molecule has 32 heavy (non-hydrogen) atoms. The Labute approximate surface area is 189 Å². The van der Waals surface area contributed by atoms with E-state index in [0.717, 1.165) is 22.3 Å². The molecule has 0 spiro atoms. The molecule has 0 saturated carbocycles. The maximum Gasteiger partial charge on any atom is 0.338 e. The van der Waals surface area contributed by atoms with Crippen LogP contribution in [0.5, 0.6) is 0 Å². The number of benzene rings is 2. The molecule has 0 radical (unpaired) electrons. The topological polar surface area (TPSA) is 108 Å². The Bertz CT molecular complexity index is 1190. The number of carbonyl (C=O) groups excluding carboxylic acids is 1. The van der Waals surface area contributed by atoms with E-state index in [1.165, 1.54) is 19.2 Å². The van der Waals surface area contributed by atoms with Gasteiger partial charge in [0.2, 0.25) is 0 Å². The predicted octanol–water partition coefficient (Wildman–Crippen LogP) is 3.93. The molecule has 0 aliphatic heterocycles. The van der Waals surface area contributed by atoms with Gasteiger partial charge in [-0.25, -0.2) is 0 Å². The Morgan fingerprint density at radius 1 is 1.06 bits per heavy atom. The van der Waals surface area contributed by atoms with E-state index in [-0.39, 0.29) is 40.7 Å². The Morgan fingerprint density at radius 2 is 1.66 bits per heavy atom. The SMILES string of the molecule is CON=C(N)CC1CC(OS(=O)(=O)c2ccc(C)cc2)=C(c2c(C)cc(C)cc2C)C1=O. The van der Waals surface area contributed by atoms with Gasteiger partial charge in [-0.3, -0.25) is 4.79 Å². The molecule has 2 N–H and O–H groups in total. The van der Waals surface area contributed by atoms with E-state index < -0.39 is 16.0 Å². The fraction of sp³-hybridized carbons (Fsp3) is 0.333. The smallest absolute Gasteiger partial charge is 0.338 e. The number of nitrogens with two attached hydrogens (primary N) is 1. The summed E-state index contributed by atoms with van der Waals surface area (Å²) in [6, 6.07) is 10.3. The van der Waals surface area contributed by atoms with Crippen molar-refractivity contribution in [3.63, 3.8) is 0 Å². The van der Waals surface area contributed by atoms with Crippen molar-refractivity contribution in [3.8, 4) is 0 Å². The molecule has 170 valence electrons. The van der Waals surface area contributed by atoms with Gasteiger partial charge in [0.15, 0.2) is 5.78 Å². The van der Waals surface area contributed by atoms with Crippen LogP contribution >= 0.6 is 0 Å². The Kier molecular flexibility index (Phi) is 6.74. The molecule has 0 fully saturated rings. The summed E-state index contributed by atoms with van der Waals surface area (Å²) in [5.41, 5.74) is 10.6. The second-order valence-corrected chi connectivity index (χ2v) is 9.70. The maximum atomic E-state index is 13.4. The van der Waals surface area contributed by atoms with Crippen molar-refractivity contribution in [2.24, 2.45) is 16.8 Å². The van der Waals surface area contributed by atoms with Gasteiger partial charge in [0.1, 0.15) is 23.6 Å². The quantitative estimate of drug-likeness (QED) is 0.293. The predicted molar refractivity (Wildman–Crippen MR) is 123 cm³/mol. The highest BCUT2D eigenvalue weighted by Crippen LogP contribution is 2.41. The minimum atomic E-state index is -4.12. The van der Waals surface area contributed by atoms with E-state index >= 15 is 0 Å². The van der Waals surface area contributed by atoms with Gasteiger partial charge < -0.3 is 14.8 Å². The Morgan fingerprint density at radius 3 is 2.22 bits per heavy atom. The van der Waals surface area contributed by atoms with Crippen molar-refractivity contribution in [3.05, 3.63) is 70.0 Å². The number of carbonyl (C=O) groups is 1. The number of oxime groups is 1. The molecule has 2 aromatic carbocycles. The summed E-state index contributed by atoms with van der Waals surface area (Å²) in [5.74, 6) is -0.526. The van der Waals surface area contributed by atoms with Crippen LogP contribution in [0.4, 0.5) is 0 Å². The second kappa shape index (κ2) is 9.16. The third-order valence-electron chi connectivity index (χ3n) is 5.44. The molecule has 0 amide bonds. The Balaban J connectivity index is 2.09. The van der Waals surface area contributed by atoms with Crippen LogP contribution < -0.4 is 5.73 Å². The number of nitrogens with zero attached hydrogens (tertiary/aromatic N) is 1. The third-order valence-corrected chi connectivity index (χ3v) is 6.71. The van der Waals surface area contributed by atoms with Gasteiger partial charge in [0.05, 0.1) is 5.57 Å². The van der Waals surface area contributed by atoms with Crippen molar-refractivity contribution in [2.45, 2.75) is 45.4 Å². The van der Waals surface area contributed by atoms with E-state index in [9.17, 15) is 13.2 Å². The minimum Gasteiger partial charge on any atom is -0.398 e. The lowest BCUT2D eigenvalue weighted by Crippen LogP contribution is -2.21. The van der Waals surface area contributed by atoms with Gasteiger partial charge in [-0.05, 0) is 56.5 Å². The number of amidine groups is 1. The molecule has 0 bridgehead atoms. The van der Waals surface area contributed by atoms with Crippen molar-refractivity contribution in [2.75, 3.05) is 7.11 Å². The summed E-state index contributed by atoms with van der Waals surface area (Å²) < 4.78 is 31.6. The van der Waals surface area contributed by atoms with Crippen molar-refractivity contribution < 1.29 is 22.2 Å². The maximum absolute atomic E-state index is 13.4. The minimum absolute atomic E-state index is 0.0312. The average Bonchev–Trinajstić information content (AvgIpc) is 2.96. The molecule has 3 rings (SSSR count). The molecule has 2 aromatic rings. The monoisotopic (exact) mass is 456 g/mol. The largest absolute Gasteiger partial charge is 0.398 e. The molecule has 1 unspecified atom stereocenters. The molecule has 0 heterocycles. The highest BCUT2D eigenvalue weighted by Gasteiger charge is 2.39. The van der Waals surface area contributed by atoms with E-state index in [4.69, 9.17) is 14.8 Å². The van der Waals surface area contributed by atoms with Gasteiger partial charge in [0, 0.05) is 18.8 Å². The molecule has 1 aliphatic rings. The zero-order valence-corrected chi connectivity index (χ0v) is 19.7. The highest BCUT2D eigenvalue weighted by molar-refractivity contribution is 7.86. The second-order valence-electron chi connectivity index (χ2n) is 8.16. The van der Waals surface area contributed by atoms with E-state index in [2.05, 4.69) is 5.16 Å². The number of Topliss-reactive ketones (excluding diaryl/α,β-unsaturated/α-hetero) is 1. The molecule has 1 atom stereocenters. The number of rotatable bonds is 7. The Hall–Kier alpha value is -3.13. The molecule has 7 nitrogen and oxygen atoms in total. The summed E-state index contributed by atoms with van der Waals surface area (Å²) in [4.78, 5) is 18.2. The molecule has 8 heteroatoms. The van der Waals surface area contributed by atoms with Gasteiger partial charge in [0.25, 0.3) is 0 Å². The normalized spacial score (nSPS) is 17.1. The van der Waals surface area contributed by atoms with Crippen LogP contribution in [-0.4, -0.2) is 27.1 Å². The van der Waals surface area contributed by atoms with Crippen LogP contribution in [0.15, 0.2) is 52.2 Å². The lowest BCUT2D eigenvalue weighted by molar-refractivity contribution is -0.116. The van der Waals surface area contributed by atoms with E-state index in [0.29, 0.717) is 5.56 Å². The van der Waals surface area contributed by atoms with Crippen LogP contribution in [0.3, 0.4) is 0 Å². The highest BCUT2D eigenvalue weighted by atomic mass is 32.2. The summed E-state index contributed by atoms with van der Waals surface area (Å²) in [6.07, 6.45) is 0.240. The van der Waals surface area contributed by atoms with Crippen LogP contribution in [0.1, 0.15) is 40.7 Å². The molecule has 1 aliphatic carbocycles. The van der Waals surface area contributed by atoms with E-state index in [1.54, 1.807) is 12.1 Å². The summed E-state index contributed by atoms with van der Waals surface area (Å²) >= 11 is 0. The molecule has 0 saturated heterocycles. The van der Waals surface area contributed by atoms with Gasteiger partial charge in [-0.1, -0.05) is 40.5 Å². The first-order valence-corrected chi connectivity index (χ1v) is 11.7. The summed E-state index contributed by atoms with van der Waals surface area (Å²) in [7, 11) is -2.75. The molecule has 0 aromatic heterocycles. The van der Waals surface area contributed by atoms with E-state index in [1.807, 2.05) is 39.8 Å². The van der Waals surface area contributed by atoms with Gasteiger partial charge in [-0.2, -0.15) is 8.42 Å².